The van der Waals surface area contributed by atoms with E-state index in [0.717, 1.165) is 11.3 Å². The van der Waals surface area contributed by atoms with Gasteiger partial charge in [0.25, 0.3) is 5.91 Å². The van der Waals surface area contributed by atoms with Crippen LogP contribution in [-0.2, 0) is 6.54 Å². The van der Waals surface area contributed by atoms with E-state index < -0.39 is 0 Å². The summed E-state index contributed by atoms with van der Waals surface area (Å²) < 4.78 is 1.81. The van der Waals surface area contributed by atoms with Crippen LogP contribution in [0, 0.1) is 0 Å². The lowest BCUT2D eigenvalue weighted by Gasteiger charge is -2.11. The zero-order valence-electron chi connectivity index (χ0n) is 11.7. The Morgan fingerprint density at radius 2 is 1.86 bits per heavy atom. The first kappa shape index (κ1) is 14.4. The first-order valence-corrected chi connectivity index (χ1v) is 7.22. The number of amides is 1. The van der Waals surface area contributed by atoms with Gasteiger partial charge in [0, 0.05) is 28.7 Å². The summed E-state index contributed by atoms with van der Waals surface area (Å²) in [6, 6.07) is 16.4. The van der Waals surface area contributed by atoms with Crippen LogP contribution in [0.25, 0.3) is 0 Å². The minimum Gasteiger partial charge on any atom is -0.322 e. The zero-order valence-corrected chi connectivity index (χ0v) is 12.5. The Morgan fingerprint density at radius 3 is 2.59 bits per heavy atom. The quantitative estimate of drug-likeness (QED) is 0.796. The van der Waals surface area contributed by atoms with Crippen LogP contribution in [0.15, 0.2) is 67.0 Å². The predicted octanol–water partition coefficient (Wildman–Crippen LogP) is 3.84. The van der Waals surface area contributed by atoms with E-state index in [9.17, 15) is 4.79 Å². The summed E-state index contributed by atoms with van der Waals surface area (Å²) in [5, 5.41) is 7.73. The maximum atomic E-state index is 12.3. The van der Waals surface area contributed by atoms with Gasteiger partial charge in [-0.2, -0.15) is 5.10 Å². The molecule has 0 fully saturated rings. The molecule has 22 heavy (non-hydrogen) atoms. The molecule has 0 spiro atoms. The monoisotopic (exact) mass is 311 g/mol. The van der Waals surface area contributed by atoms with Gasteiger partial charge in [-0.3, -0.25) is 9.48 Å². The number of halogens is 1. The van der Waals surface area contributed by atoms with E-state index in [4.69, 9.17) is 11.6 Å². The fraction of sp³-hybridized carbons (Fsp3) is 0.0588. The highest BCUT2D eigenvalue weighted by Crippen LogP contribution is 2.18. The number of benzene rings is 2. The van der Waals surface area contributed by atoms with Crippen LogP contribution in [-0.4, -0.2) is 15.7 Å². The second-order valence-corrected chi connectivity index (χ2v) is 5.26. The van der Waals surface area contributed by atoms with Crippen LogP contribution in [0.4, 0.5) is 5.69 Å². The van der Waals surface area contributed by atoms with Gasteiger partial charge >= 0.3 is 0 Å². The molecule has 0 saturated heterocycles. The maximum Gasteiger partial charge on any atom is 0.255 e. The van der Waals surface area contributed by atoms with Crippen LogP contribution in [0.2, 0.25) is 5.02 Å². The molecule has 0 aliphatic carbocycles. The Kier molecular flexibility index (Phi) is 4.21. The van der Waals surface area contributed by atoms with E-state index in [1.165, 1.54) is 0 Å². The summed E-state index contributed by atoms with van der Waals surface area (Å²) in [4.78, 5) is 12.3. The molecule has 4 nitrogen and oxygen atoms in total. The number of carbonyl (C=O) groups is 1. The Hall–Kier alpha value is -2.59. The second kappa shape index (κ2) is 6.45. The topological polar surface area (TPSA) is 46.9 Å². The van der Waals surface area contributed by atoms with Gasteiger partial charge < -0.3 is 5.32 Å². The highest BCUT2D eigenvalue weighted by atomic mass is 35.5. The van der Waals surface area contributed by atoms with Gasteiger partial charge in [0.2, 0.25) is 0 Å². The van der Waals surface area contributed by atoms with Gasteiger partial charge in [-0.15, -0.1) is 0 Å². The number of nitrogens with one attached hydrogen (secondary N) is 1. The molecule has 5 heteroatoms. The summed E-state index contributed by atoms with van der Waals surface area (Å²) in [7, 11) is 0. The van der Waals surface area contributed by atoms with Gasteiger partial charge in [0.1, 0.15) is 0 Å². The molecule has 1 N–H and O–H groups in total. The number of carbonyl (C=O) groups excluding carboxylic acids is 1. The van der Waals surface area contributed by atoms with Crippen molar-refractivity contribution in [1.29, 1.82) is 0 Å². The summed E-state index contributed by atoms with van der Waals surface area (Å²) in [5.74, 6) is -0.162. The Morgan fingerprint density at radius 1 is 1.09 bits per heavy atom. The highest BCUT2D eigenvalue weighted by molar-refractivity contribution is 6.30. The van der Waals surface area contributed by atoms with Crippen molar-refractivity contribution in [3.05, 3.63) is 83.1 Å². The van der Waals surface area contributed by atoms with E-state index in [1.807, 2.05) is 41.2 Å². The second-order valence-electron chi connectivity index (χ2n) is 4.82. The van der Waals surface area contributed by atoms with Crippen LogP contribution >= 0.6 is 11.6 Å². The minimum absolute atomic E-state index is 0.162. The number of rotatable bonds is 4. The maximum absolute atomic E-state index is 12.3. The molecule has 1 heterocycles. The van der Waals surface area contributed by atoms with Crippen LogP contribution < -0.4 is 5.32 Å². The molecule has 2 aromatic carbocycles. The third-order valence-electron chi connectivity index (χ3n) is 3.26. The lowest BCUT2D eigenvalue weighted by Crippen LogP contribution is -2.14. The Balaban J connectivity index is 1.80. The van der Waals surface area contributed by atoms with E-state index in [2.05, 4.69) is 10.4 Å². The number of anilines is 1. The van der Waals surface area contributed by atoms with E-state index >= 15 is 0 Å². The molecular weight excluding hydrogens is 298 g/mol. The van der Waals surface area contributed by atoms with Gasteiger partial charge in [-0.25, -0.2) is 0 Å². The van der Waals surface area contributed by atoms with Crippen molar-refractivity contribution >= 4 is 23.2 Å². The molecule has 3 aromatic rings. The van der Waals surface area contributed by atoms with Crippen molar-refractivity contribution in [2.45, 2.75) is 6.54 Å². The van der Waals surface area contributed by atoms with Gasteiger partial charge in [0.15, 0.2) is 0 Å². The van der Waals surface area contributed by atoms with E-state index in [-0.39, 0.29) is 5.91 Å². The fourth-order valence-corrected chi connectivity index (χ4v) is 2.27. The lowest BCUT2D eigenvalue weighted by atomic mass is 10.1. The zero-order chi connectivity index (χ0) is 15.4. The standard InChI is InChI=1S/C17H14ClN3O/c18-15-8-6-13(7-9-15)17(22)20-16-5-2-1-4-14(16)12-21-11-3-10-19-21/h1-11H,12H2,(H,20,22). The largest absolute Gasteiger partial charge is 0.322 e. The van der Waals surface area contributed by atoms with Crippen molar-refractivity contribution in [3.63, 3.8) is 0 Å². The number of aromatic nitrogens is 2. The minimum atomic E-state index is -0.162. The molecule has 3 rings (SSSR count). The van der Waals surface area contributed by atoms with Crippen molar-refractivity contribution in [2.75, 3.05) is 5.32 Å². The number of nitrogens with zero attached hydrogens (tertiary/aromatic N) is 2. The fourth-order valence-electron chi connectivity index (χ4n) is 2.14. The summed E-state index contributed by atoms with van der Waals surface area (Å²) in [6.45, 7) is 0.601. The molecule has 110 valence electrons. The first-order valence-electron chi connectivity index (χ1n) is 6.84. The van der Waals surface area contributed by atoms with Crippen molar-refractivity contribution in [3.8, 4) is 0 Å². The summed E-state index contributed by atoms with van der Waals surface area (Å²) >= 11 is 5.84. The van der Waals surface area contributed by atoms with Crippen molar-refractivity contribution in [1.82, 2.24) is 9.78 Å². The molecule has 0 bridgehead atoms. The smallest absolute Gasteiger partial charge is 0.255 e. The van der Waals surface area contributed by atoms with Crippen molar-refractivity contribution < 1.29 is 4.79 Å². The first-order chi connectivity index (χ1) is 10.7. The molecule has 0 saturated carbocycles. The van der Waals surface area contributed by atoms with Gasteiger partial charge in [0.05, 0.1) is 6.54 Å². The molecule has 1 aromatic heterocycles. The SMILES string of the molecule is O=C(Nc1ccccc1Cn1cccn1)c1ccc(Cl)cc1. The Bertz CT molecular complexity index is 767. The molecule has 1 amide bonds. The molecule has 0 aliphatic heterocycles. The summed E-state index contributed by atoms with van der Waals surface area (Å²) in [5.41, 5.74) is 2.34. The van der Waals surface area contributed by atoms with Gasteiger partial charge in [-0.1, -0.05) is 29.8 Å². The van der Waals surface area contributed by atoms with E-state index in [0.29, 0.717) is 17.1 Å². The van der Waals surface area contributed by atoms with Crippen molar-refractivity contribution in [2.24, 2.45) is 0 Å². The average Bonchev–Trinajstić information content (AvgIpc) is 3.03. The highest BCUT2D eigenvalue weighted by Gasteiger charge is 2.09. The predicted molar refractivity (Wildman–Crippen MR) is 87.2 cm³/mol. The van der Waals surface area contributed by atoms with E-state index in [1.54, 1.807) is 30.5 Å². The molecular formula is C17H14ClN3O. The number of para-hydroxylation sites is 1. The van der Waals surface area contributed by atoms with Gasteiger partial charge in [-0.05, 0) is 42.0 Å². The number of hydrogen-bond acceptors (Lipinski definition) is 2. The normalized spacial score (nSPS) is 10.4. The number of hydrogen-bond donors (Lipinski definition) is 1. The third-order valence-corrected chi connectivity index (χ3v) is 3.52. The van der Waals surface area contributed by atoms with Crippen LogP contribution in [0.1, 0.15) is 15.9 Å². The Labute approximate surface area is 133 Å². The van der Waals surface area contributed by atoms with Crippen LogP contribution in [0.3, 0.4) is 0 Å². The molecule has 0 radical (unpaired) electrons. The lowest BCUT2D eigenvalue weighted by molar-refractivity contribution is 0.102. The van der Waals surface area contributed by atoms with Crippen LogP contribution in [0.5, 0.6) is 0 Å². The molecule has 0 unspecified atom stereocenters. The third kappa shape index (κ3) is 3.35. The summed E-state index contributed by atoms with van der Waals surface area (Å²) in [6.07, 6.45) is 3.62. The molecule has 0 atom stereocenters. The molecule has 0 aliphatic rings. The average molecular weight is 312 g/mol.